The minimum atomic E-state index is -0.768. The number of anilines is 1. The summed E-state index contributed by atoms with van der Waals surface area (Å²) < 4.78 is 0. The largest absolute Gasteiger partial charge is 0.368 e. The number of nitrogens with two attached hydrogens (primary N) is 1. The lowest BCUT2D eigenvalue weighted by Gasteiger charge is -2.35. The van der Waals surface area contributed by atoms with E-state index in [1.165, 1.54) is 16.0 Å². The number of carbonyl (C=O) groups excluding carboxylic acids is 2. The monoisotopic (exact) mass is 324 g/mol. The summed E-state index contributed by atoms with van der Waals surface area (Å²) in [5, 5.41) is 0. The van der Waals surface area contributed by atoms with Crippen molar-refractivity contribution in [3.05, 3.63) is 54.6 Å². The van der Waals surface area contributed by atoms with Gasteiger partial charge in [-0.1, -0.05) is 42.5 Å². The molecule has 1 saturated heterocycles. The molecule has 2 aromatic rings. The number of hydrazine groups is 1. The predicted octanol–water partition coefficient (Wildman–Crippen LogP) is 0.992. The minimum Gasteiger partial charge on any atom is -0.368 e. The molecule has 0 radical (unpaired) electrons. The van der Waals surface area contributed by atoms with Crippen LogP contribution in [-0.2, 0) is 9.59 Å². The molecule has 3 N–H and O–H groups in total. The minimum absolute atomic E-state index is 0.507. The quantitative estimate of drug-likeness (QED) is 0.374. The van der Waals surface area contributed by atoms with E-state index in [2.05, 4.69) is 41.3 Å². The number of nitrogens with one attached hydrogen (secondary N) is 1. The average Bonchev–Trinajstić information content (AvgIpc) is 2.68. The lowest BCUT2D eigenvalue weighted by Crippen LogP contribution is -2.53. The van der Waals surface area contributed by atoms with E-state index in [0.29, 0.717) is 26.2 Å². The fraction of sp³-hybridized carbons (Fsp3) is 0.222. The molecule has 0 bridgehead atoms. The zero-order valence-electron chi connectivity index (χ0n) is 13.3. The lowest BCUT2D eigenvalue weighted by atomic mass is 10.1. The second kappa shape index (κ2) is 7.14. The molecule has 1 heterocycles. The van der Waals surface area contributed by atoms with Crippen molar-refractivity contribution in [3.8, 4) is 11.1 Å². The maximum atomic E-state index is 11.8. The molecule has 0 atom stereocenters. The molecule has 0 spiro atoms. The molecule has 6 nitrogen and oxygen atoms in total. The number of benzene rings is 2. The van der Waals surface area contributed by atoms with Gasteiger partial charge < -0.3 is 9.80 Å². The molecule has 0 saturated carbocycles. The van der Waals surface area contributed by atoms with E-state index in [0.717, 1.165) is 5.69 Å². The molecule has 0 aromatic heterocycles. The van der Waals surface area contributed by atoms with Crippen molar-refractivity contribution in [1.82, 2.24) is 10.3 Å². The van der Waals surface area contributed by atoms with Gasteiger partial charge in [0, 0.05) is 31.9 Å². The van der Waals surface area contributed by atoms with Gasteiger partial charge in [-0.25, -0.2) is 5.84 Å². The van der Waals surface area contributed by atoms with Gasteiger partial charge in [-0.2, -0.15) is 0 Å². The molecule has 0 aliphatic carbocycles. The molecular formula is C18H20N4O2. The number of nitrogens with zero attached hydrogens (tertiary/aromatic N) is 2. The number of carbonyl (C=O) groups is 2. The van der Waals surface area contributed by atoms with Gasteiger partial charge >= 0.3 is 11.8 Å². The third kappa shape index (κ3) is 3.38. The van der Waals surface area contributed by atoms with Crippen LogP contribution in [0.25, 0.3) is 11.1 Å². The molecule has 3 rings (SSSR count). The second-order valence-corrected chi connectivity index (χ2v) is 5.67. The van der Waals surface area contributed by atoms with E-state index in [1.54, 1.807) is 0 Å². The van der Waals surface area contributed by atoms with Gasteiger partial charge in [-0.05, 0) is 23.3 Å². The molecule has 1 aliphatic rings. The van der Waals surface area contributed by atoms with Crippen molar-refractivity contribution in [2.45, 2.75) is 0 Å². The van der Waals surface area contributed by atoms with Crippen LogP contribution in [0.15, 0.2) is 54.6 Å². The molecule has 24 heavy (non-hydrogen) atoms. The summed E-state index contributed by atoms with van der Waals surface area (Å²) in [5.41, 5.74) is 5.36. The van der Waals surface area contributed by atoms with Gasteiger partial charge in [0.25, 0.3) is 0 Å². The SMILES string of the molecule is NNC(=O)C(=O)N1CCN(c2ccc(-c3ccccc3)cc2)CC1. The van der Waals surface area contributed by atoms with Gasteiger partial charge in [0.05, 0.1) is 0 Å². The van der Waals surface area contributed by atoms with Crippen molar-refractivity contribution in [2.24, 2.45) is 5.84 Å². The zero-order chi connectivity index (χ0) is 16.9. The Hall–Kier alpha value is -2.86. The number of amides is 2. The standard InChI is InChI=1S/C18H20N4O2/c19-20-17(23)18(24)22-12-10-21(11-13-22)16-8-6-15(7-9-16)14-4-2-1-3-5-14/h1-9H,10-13,19H2,(H,20,23). The van der Waals surface area contributed by atoms with Crippen LogP contribution in [0.5, 0.6) is 0 Å². The first-order valence-corrected chi connectivity index (χ1v) is 7.89. The maximum absolute atomic E-state index is 11.8. The highest BCUT2D eigenvalue weighted by Gasteiger charge is 2.25. The topological polar surface area (TPSA) is 78.7 Å². The van der Waals surface area contributed by atoms with Crippen LogP contribution in [-0.4, -0.2) is 42.9 Å². The fourth-order valence-corrected chi connectivity index (χ4v) is 2.87. The Labute approximate surface area is 140 Å². The van der Waals surface area contributed by atoms with E-state index < -0.39 is 11.8 Å². The van der Waals surface area contributed by atoms with Crippen molar-refractivity contribution in [3.63, 3.8) is 0 Å². The maximum Gasteiger partial charge on any atom is 0.323 e. The highest BCUT2D eigenvalue weighted by atomic mass is 16.2. The lowest BCUT2D eigenvalue weighted by molar-refractivity contribution is -0.146. The molecule has 1 fully saturated rings. The van der Waals surface area contributed by atoms with Crippen molar-refractivity contribution in [2.75, 3.05) is 31.1 Å². The first kappa shape index (κ1) is 16.0. The highest BCUT2D eigenvalue weighted by molar-refractivity contribution is 6.34. The Balaban J connectivity index is 1.63. The number of hydrogen-bond acceptors (Lipinski definition) is 4. The first-order valence-electron chi connectivity index (χ1n) is 7.89. The molecule has 124 valence electrons. The van der Waals surface area contributed by atoms with Crippen LogP contribution in [0.1, 0.15) is 0 Å². The number of piperazine rings is 1. The third-order valence-corrected chi connectivity index (χ3v) is 4.23. The summed E-state index contributed by atoms with van der Waals surface area (Å²) in [7, 11) is 0. The molecule has 0 unspecified atom stereocenters. The van der Waals surface area contributed by atoms with E-state index in [9.17, 15) is 9.59 Å². The smallest absolute Gasteiger partial charge is 0.323 e. The Morgan fingerprint density at radius 1 is 0.833 bits per heavy atom. The Bertz CT molecular complexity index is 708. The summed E-state index contributed by atoms with van der Waals surface area (Å²) in [6.07, 6.45) is 0. The molecule has 2 amide bonds. The Morgan fingerprint density at radius 3 is 2.00 bits per heavy atom. The van der Waals surface area contributed by atoms with Crippen molar-refractivity contribution in [1.29, 1.82) is 0 Å². The third-order valence-electron chi connectivity index (χ3n) is 4.23. The molecule has 6 heteroatoms. The Kier molecular flexibility index (Phi) is 4.77. The van der Waals surface area contributed by atoms with Gasteiger partial charge in [0.2, 0.25) is 0 Å². The second-order valence-electron chi connectivity index (χ2n) is 5.67. The highest BCUT2D eigenvalue weighted by Crippen LogP contribution is 2.23. The summed E-state index contributed by atoms with van der Waals surface area (Å²) in [5.74, 6) is 3.66. The molecule has 2 aromatic carbocycles. The van der Waals surface area contributed by atoms with Crippen molar-refractivity contribution >= 4 is 17.5 Å². The molecular weight excluding hydrogens is 304 g/mol. The zero-order valence-corrected chi connectivity index (χ0v) is 13.3. The number of rotatable bonds is 2. The van der Waals surface area contributed by atoms with Crippen LogP contribution >= 0.6 is 0 Å². The first-order chi connectivity index (χ1) is 11.7. The van der Waals surface area contributed by atoms with Gasteiger partial charge in [0.1, 0.15) is 0 Å². The normalized spacial score (nSPS) is 14.4. The molecule has 1 aliphatic heterocycles. The van der Waals surface area contributed by atoms with Crippen molar-refractivity contribution < 1.29 is 9.59 Å². The van der Waals surface area contributed by atoms with Gasteiger partial charge in [-0.3, -0.25) is 15.0 Å². The van der Waals surface area contributed by atoms with Crippen LogP contribution in [0.3, 0.4) is 0 Å². The summed E-state index contributed by atoms with van der Waals surface area (Å²) in [6.45, 7) is 2.39. The van der Waals surface area contributed by atoms with Crippen LogP contribution < -0.4 is 16.2 Å². The van der Waals surface area contributed by atoms with Crippen LogP contribution in [0.4, 0.5) is 5.69 Å². The fourth-order valence-electron chi connectivity index (χ4n) is 2.87. The summed E-state index contributed by atoms with van der Waals surface area (Å²) in [4.78, 5) is 26.8. The predicted molar refractivity (Wildman–Crippen MR) is 93.0 cm³/mol. The van der Waals surface area contributed by atoms with E-state index in [-0.39, 0.29) is 0 Å². The van der Waals surface area contributed by atoms with Gasteiger partial charge in [0.15, 0.2) is 0 Å². The summed E-state index contributed by atoms with van der Waals surface area (Å²) >= 11 is 0. The summed E-state index contributed by atoms with van der Waals surface area (Å²) in [6, 6.07) is 18.6. The van der Waals surface area contributed by atoms with Crippen LogP contribution in [0.2, 0.25) is 0 Å². The average molecular weight is 324 g/mol. The van der Waals surface area contributed by atoms with E-state index in [1.807, 2.05) is 23.6 Å². The van der Waals surface area contributed by atoms with Gasteiger partial charge in [-0.15, -0.1) is 0 Å². The Morgan fingerprint density at radius 2 is 1.42 bits per heavy atom. The van der Waals surface area contributed by atoms with E-state index in [4.69, 9.17) is 5.84 Å². The number of hydrogen-bond donors (Lipinski definition) is 2. The van der Waals surface area contributed by atoms with E-state index >= 15 is 0 Å². The van der Waals surface area contributed by atoms with Crippen LogP contribution in [0, 0.1) is 0 Å².